The van der Waals surface area contributed by atoms with Crippen LogP contribution in [-0.2, 0) is 21.7 Å². The number of amides is 2. The summed E-state index contributed by atoms with van der Waals surface area (Å²) in [7, 11) is 3.35. The third kappa shape index (κ3) is 5.07. The minimum atomic E-state index is -1.12. The largest absolute Gasteiger partial charge is 0.484 e. The number of nitrogens with one attached hydrogen (secondary N) is 1. The first-order chi connectivity index (χ1) is 12.3. The van der Waals surface area contributed by atoms with E-state index in [1.807, 2.05) is 42.5 Å². The van der Waals surface area contributed by atoms with Crippen molar-refractivity contribution >= 4 is 11.8 Å². The minimum absolute atomic E-state index is 0.0301. The van der Waals surface area contributed by atoms with E-state index in [0.717, 1.165) is 11.1 Å². The van der Waals surface area contributed by atoms with Crippen molar-refractivity contribution in [1.29, 1.82) is 0 Å². The zero-order valence-corrected chi connectivity index (χ0v) is 15.4. The lowest BCUT2D eigenvalue weighted by atomic mass is 9.92. The summed E-state index contributed by atoms with van der Waals surface area (Å²) in [5.41, 5.74) is 6.69. The summed E-state index contributed by atoms with van der Waals surface area (Å²) in [6.07, 6.45) is 0. The molecular formula is C20H25N3O3. The first-order valence-corrected chi connectivity index (χ1v) is 8.35. The van der Waals surface area contributed by atoms with Crippen LogP contribution in [0.15, 0.2) is 54.6 Å². The van der Waals surface area contributed by atoms with Crippen molar-refractivity contribution in [2.45, 2.75) is 19.0 Å². The molecule has 1 unspecified atom stereocenters. The molecule has 0 aliphatic heterocycles. The van der Waals surface area contributed by atoms with Gasteiger partial charge in [-0.1, -0.05) is 42.5 Å². The van der Waals surface area contributed by atoms with Crippen LogP contribution in [0.1, 0.15) is 18.1 Å². The Bertz CT molecular complexity index is 758. The molecular weight excluding hydrogens is 330 g/mol. The van der Waals surface area contributed by atoms with Gasteiger partial charge in [-0.3, -0.25) is 9.59 Å². The highest BCUT2D eigenvalue weighted by Crippen LogP contribution is 2.18. The van der Waals surface area contributed by atoms with Crippen molar-refractivity contribution < 1.29 is 14.3 Å². The lowest BCUT2D eigenvalue weighted by molar-refractivity contribution is -0.130. The first kappa shape index (κ1) is 19.5. The molecule has 0 heterocycles. The van der Waals surface area contributed by atoms with E-state index in [-0.39, 0.29) is 18.4 Å². The van der Waals surface area contributed by atoms with Gasteiger partial charge in [-0.05, 0) is 30.2 Å². The molecule has 0 spiro atoms. The van der Waals surface area contributed by atoms with E-state index in [9.17, 15) is 9.59 Å². The second-order valence-corrected chi connectivity index (χ2v) is 6.48. The predicted octanol–water partition coefficient (Wildman–Crippen LogP) is 1.64. The number of carbonyl (C=O) groups excluding carboxylic acids is 2. The molecule has 6 nitrogen and oxygen atoms in total. The molecule has 0 aliphatic carbocycles. The van der Waals surface area contributed by atoms with E-state index in [2.05, 4.69) is 5.32 Å². The maximum absolute atomic E-state index is 12.5. The smallest absolute Gasteiger partial charge is 0.259 e. The second-order valence-electron chi connectivity index (χ2n) is 6.48. The Morgan fingerprint density at radius 1 is 1.12 bits per heavy atom. The van der Waals surface area contributed by atoms with Gasteiger partial charge in [0.1, 0.15) is 11.3 Å². The van der Waals surface area contributed by atoms with E-state index >= 15 is 0 Å². The summed E-state index contributed by atoms with van der Waals surface area (Å²) >= 11 is 0. The molecule has 0 bridgehead atoms. The standard InChI is InChI=1S/C20H25N3O3/c1-20(21,16-9-5-4-6-10-16)19(25)22-13-15-8-7-11-17(12-15)26-14-18(24)23(2)3/h4-12H,13-14,21H2,1-3H3,(H,22,25). The summed E-state index contributed by atoms with van der Waals surface area (Å²) in [5.74, 6) is 0.189. The van der Waals surface area contributed by atoms with Crippen LogP contribution in [0.5, 0.6) is 5.75 Å². The van der Waals surface area contributed by atoms with Gasteiger partial charge < -0.3 is 20.7 Å². The number of hydrogen-bond acceptors (Lipinski definition) is 4. The summed E-state index contributed by atoms with van der Waals surface area (Å²) in [5, 5.41) is 2.85. The molecule has 0 aromatic heterocycles. The maximum Gasteiger partial charge on any atom is 0.259 e. The Hall–Kier alpha value is -2.86. The molecule has 0 fully saturated rings. The number of benzene rings is 2. The van der Waals surface area contributed by atoms with Gasteiger partial charge in [0.2, 0.25) is 5.91 Å². The van der Waals surface area contributed by atoms with Gasteiger partial charge in [0.05, 0.1) is 0 Å². The van der Waals surface area contributed by atoms with Crippen LogP contribution in [0.2, 0.25) is 0 Å². The zero-order chi connectivity index (χ0) is 19.2. The van der Waals surface area contributed by atoms with Crippen LogP contribution in [-0.4, -0.2) is 37.4 Å². The van der Waals surface area contributed by atoms with Crippen molar-refractivity contribution in [3.8, 4) is 5.75 Å². The lowest BCUT2D eigenvalue weighted by Crippen LogP contribution is -2.48. The average Bonchev–Trinajstić information content (AvgIpc) is 2.65. The fourth-order valence-corrected chi connectivity index (χ4v) is 2.30. The third-order valence-electron chi connectivity index (χ3n) is 4.06. The Balaban J connectivity index is 1.96. The highest BCUT2D eigenvalue weighted by molar-refractivity contribution is 5.86. The van der Waals surface area contributed by atoms with Gasteiger partial charge in [-0.25, -0.2) is 0 Å². The Kier molecular flexibility index (Phi) is 6.36. The molecule has 1 atom stereocenters. The first-order valence-electron chi connectivity index (χ1n) is 8.35. The van der Waals surface area contributed by atoms with E-state index in [4.69, 9.17) is 10.5 Å². The van der Waals surface area contributed by atoms with E-state index in [1.54, 1.807) is 33.2 Å². The molecule has 2 rings (SSSR count). The number of likely N-dealkylation sites (N-methyl/N-ethyl adjacent to an activating group) is 1. The number of ether oxygens (including phenoxy) is 1. The lowest BCUT2D eigenvalue weighted by Gasteiger charge is -2.24. The number of hydrogen-bond donors (Lipinski definition) is 2. The van der Waals surface area contributed by atoms with Gasteiger partial charge in [0, 0.05) is 20.6 Å². The predicted molar refractivity (Wildman–Crippen MR) is 100 cm³/mol. The Labute approximate surface area is 153 Å². The number of nitrogens with zero attached hydrogens (tertiary/aromatic N) is 1. The van der Waals surface area contributed by atoms with Crippen LogP contribution in [0.25, 0.3) is 0 Å². The molecule has 2 aromatic rings. The fraction of sp³-hybridized carbons (Fsp3) is 0.300. The molecule has 0 saturated heterocycles. The van der Waals surface area contributed by atoms with Crippen LogP contribution in [0, 0.1) is 0 Å². The number of nitrogens with two attached hydrogens (primary N) is 1. The summed E-state index contributed by atoms with van der Waals surface area (Å²) in [4.78, 5) is 25.6. The minimum Gasteiger partial charge on any atom is -0.484 e. The topological polar surface area (TPSA) is 84.7 Å². The molecule has 2 aromatic carbocycles. The summed E-state index contributed by atoms with van der Waals surface area (Å²) < 4.78 is 5.48. The highest BCUT2D eigenvalue weighted by Gasteiger charge is 2.29. The molecule has 6 heteroatoms. The Morgan fingerprint density at radius 3 is 2.46 bits per heavy atom. The zero-order valence-electron chi connectivity index (χ0n) is 15.4. The van der Waals surface area contributed by atoms with Gasteiger partial charge in [-0.2, -0.15) is 0 Å². The monoisotopic (exact) mass is 355 g/mol. The normalized spacial score (nSPS) is 12.8. The average molecular weight is 355 g/mol. The fourth-order valence-electron chi connectivity index (χ4n) is 2.30. The van der Waals surface area contributed by atoms with Crippen LogP contribution >= 0.6 is 0 Å². The molecule has 0 aliphatic rings. The SMILES string of the molecule is CN(C)C(=O)COc1cccc(CNC(=O)C(C)(N)c2ccccc2)c1. The van der Waals surface area contributed by atoms with E-state index in [0.29, 0.717) is 12.3 Å². The van der Waals surface area contributed by atoms with Gasteiger partial charge in [-0.15, -0.1) is 0 Å². The molecule has 26 heavy (non-hydrogen) atoms. The van der Waals surface area contributed by atoms with E-state index < -0.39 is 5.54 Å². The Morgan fingerprint density at radius 2 is 1.81 bits per heavy atom. The molecule has 0 saturated carbocycles. The molecule has 3 N–H and O–H groups in total. The van der Waals surface area contributed by atoms with Gasteiger partial charge in [0.25, 0.3) is 5.91 Å². The van der Waals surface area contributed by atoms with Crippen LogP contribution in [0.4, 0.5) is 0 Å². The van der Waals surface area contributed by atoms with Crippen molar-refractivity contribution in [1.82, 2.24) is 10.2 Å². The van der Waals surface area contributed by atoms with Gasteiger partial charge >= 0.3 is 0 Å². The van der Waals surface area contributed by atoms with Crippen molar-refractivity contribution in [3.05, 3.63) is 65.7 Å². The summed E-state index contributed by atoms with van der Waals surface area (Å²) in [6, 6.07) is 16.5. The van der Waals surface area contributed by atoms with Crippen LogP contribution < -0.4 is 15.8 Å². The van der Waals surface area contributed by atoms with Crippen molar-refractivity contribution in [2.75, 3.05) is 20.7 Å². The molecule has 2 amide bonds. The van der Waals surface area contributed by atoms with Crippen molar-refractivity contribution in [2.24, 2.45) is 5.73 Å². The second kappa shape index (κ2) is 8.49. The molecule has 138 valence electrons. The maximum atomic E-state index is 12.5. The third-order valence-corrected chi connectivity index (χ3v) is 4.06. The van der Waals surface area contributed by atoms with Crippen molar-refractivity contribution in [3.63, 3.8) is 0 Å². The molecule has 0 radical (unpaired) electrons. The number of rotatable bonds is 7. The highest BCUT2D eigenvalue weighted by atomic mass is 16.5. The van der Waals surface area contributed by atoms with E-state index in [1.165, 1.54) is 4.90 Å². The quantitative estimate of drug-likeness (QED) is 0.791. The number of carbonyl (C=O) groups is 2. The van der Waals surface area contributed by atoms with Gasteiger partial charge in [0.15, 0.2) is 6.61 Å². The van der Waals surface area contributed by atoms with Crippen LogP contribution in [0.3, 0.4) is 0 Å². The summed E-state index contributed by atoms with van der Waals surface area (Å²) in [6.45, 7) is 1.97.